The largest absolute Gasteiger partial charge is 0.496 e. The van der Waals surface area contributed by atoms with Crippen molar-refractivity contribution in [2.45, 2.75) is 6.42 Å². The number of carbonyl (C=O) groups is 1. The van der Waals surface area contributed by atoms with Crippen LogP contribution in [0.15, 0.2) is 18.2 Å². The lowest BCUT2D eigenvalue weighted by Gasteiger charge is -2.05. The maximum Gasteiger partial charge on any atom is 0.251 e. The van der Waals surface area contributed by atoms with Gasteiger partial charge in [0, 0.05) is 24.8 Å². The van der Waals surface area contributed by atoms with E-state index in [1.165, 1.54) is 7.11 Å². The Bertz CT molecular complexity index is 325. The number of benzene rings is 1. The van der Waals surface area contributed by atoms with Gasteiger partial charge in [0.2, 0.25) is 0 Å². The van der Waals surface area contributed by atoms with Crippen LogP contribution in [0.1, 0.15) is 16.8 Å². The summed E-state index contributed by atoms with van der Waals surface area (Å²) in [6.07, 6.45) is 0.557. The Hall–Kier alpha value is -1.55. The van der Waals surface area contributed by atoms with Gasteiger partial charge in [-0.05, 0) is 24.6 Å². The number of hydrogen-bond donors (Lipinski definition) is 2. The maximum absolute atomic E-state index is 11.5. The highest BCUT2D eigenvalue weighted by Crippen LogP contribution is 2.11. The Morgan fingerprint density at radius 2 is 2.47 bits per heavy atom. The van der Waals surface area contributed by atoms with Gasteiger partial charge in [-0.25, -0.2) is 0 Å². The van der Waals surface area contributed by atoms with E-state index < -0.39 is 0 Å². The molecule has 0 aliphatic rings. The number of ether oxygens (including phenoxy) is 1. The molecule has 1 radical (unpaired) electrons. The molecule has 0 heterocycles. The van der Waals surface area contributed by atoms with Crippen LogP contribution in [-0.2, 0) is 0 Å². The molecule has 1 rings (SSSR count). The summed E-state index contributed by atoms with van der Waals surface area (Å²) >= 11 is 0. The SMILES string of the molecule is COc1[c]ccc(C(=O)NCCCO)c1. The number of methoxy groups -OCH3 is 1. The molecule has 0 saturated heterocycles. The number of carbonyl (C=O) groups excluding carboxylic acids is 1. The fraction of sp³-hybridized carbons (Fsp3) is 0.364. The molecule has 0 spiro atoms. The van der Waals surface area contributed by atoms with E-state index in [-0.39, 0.29) is 12.5 Å². The van der Waals surface area contributed by atoms with Crippen molar-refractivity contribution < 1.29 is 14.6 Å². The number of aliphatic hydroxyl groups is 1. The minimum atomic E-state index is -0.171. The zero-order chi connectivity index (χ0) is 11.1. The van der Waals surface area contributed by atoms with Gasteiger partial charge in [-0.15, -0.1) is 0 Å². The molecule has 1 amide bonds. The summed E-state index contributed by atoms with van der Waals surface area (Å²) in [6, 6.07) is 7.76. The lowest BCUT2D eigenvalue weighted by molar-refractivity contribution is 0.0951. The van der Waals surface area contributed by atoms with Crippen LogP contribution >= 0.6 is 0 Å². The van der Waals surface area contributed by atoms with Crippen molar-refractivity contribution >= 4 is 5.91 Å². The first-order valence-electron chi connectivity index (χ1n) is 4.72. The molecule has 0 saturated carbocycles. The Balaban J connectivity index is 2.57. The minimum absolute atomic E-state index is 0.0756. The first-order chi connectivity index (χ1) is 7.27. The summed E-state index contributed by atoms with van der Waals surface area (Å²) in [4.78, 5) is 11.5. The first kappa shape index (κ1) is 11.5. The number of aliphatic hydroxyl groups excluding tert-OH is 1. The fourth-order valence-corrected chi connectivity index (χ4v) is 1.09. The molecule has 2 N–H and O–H groups in total. The Morgan fingerprint density at radius 1 is 1.67 bits per heavy atom. The Labute approximate surface area is 88.9 Å². The standard InChI is InChI=1S/C11H14NO3/c1-15-10-5-2-4-9(8-10)11(14)12-6-3-7-13/h2,4,8,13H,3,6-7H2,1H3,(H,12,14). The molecule has 0 aliphatic heterocycles. The van der Waals surface area contributed by atoms with Crippen molar-refractivity contribution in [1.82, 2.24) is 5.32 Å². The van der Waals surface area contributed by atoms with Crippen molar-refractivity contribution in [1.29, 1.82) is 0 Å². The third-order valence-corrected chi connectivity index (χ3v) is 1.88. The molecule has 1 aromatic carbocycles. The summed E-state index contributed by atoms with van der Waals surface area (Å²) in [5, 5.41) is 11.2. The molecular formula is C11H14NO3. The normalized spacial score (nSPS) is 9.73. The highest BCUT2D eigenvalue weighted by molar-refractivity contribution is 5.94. The van der Waals surface area contributed by atoms with Gasteiger partial charge >= 0.3 is 0 Å². The van der Waals surface area contributed by atoms with Gasteiger partial charge in [0.15, 0.2) is 0 Å². The number of nitrogens with one attached hydrogen (secondary N) is 1. The second kappa shape index (κ2) is 6.03. The molecule has 1 aromatic rings. The van der Waals surface area contributed by atoms with Crippen LogP contribution in [0.3, 0.4) is 0 Å². The van der Waals surface area contributed by atoms with E-state index in [2.05, 4.69) is 11.4 Å². The van der Waals surface area contributed by atoms with Crippen molar-refractivity contribution in [2.75, 3.05) is 20.3 Å². The summed E-state index contributed by atoms with van der Waals surface area (Å²) in [6.45, 7) is 0.544. The van der Waals surface area contributed by atoms with Crippen molar-refractivity contribution in [2.24, 2.45) is 0 Å². The predicted molar refractivity (Wildman–Crippen MR) is 55.9 cm³/mol. The summed E-state index contributed by atoms with van der Waals surface area (Å²) in [5.41, 5.74) is 0.531. The Morgan fingerprint density at radius 3 is 3.13 bits per heavy atom. The summed E-state index contributed by atoms with van der Waals surface area (Å²) in [7, 11) is 1.53. The van der Waals surface area contributed by atoms with Gasteiger partial charge in [0.05, 0.1) is 7.11 Å². The van der Waals surface area contributed by atoms with Gasteiger partial charge in [-0.2, -0.15) is 0 Å². The van der Waals surface area contributed by atoms with E-state index in [0.29, 0.717) is 24.3 Å². The predicted octanol–water partition coefficient (Wildman–Crippen LogP) is 0.608. The zero-order valence-electron chi connectivity index (χ0n) is 8.62. The molecule has 4 heteroatoms. The average molecular weight is 208 g/mol. The molecule has 0 fully saturated rings. The van der Waals surface area contributed by atoms with Crippen LogP contribution in [0.2, 0.25) is 0 Å². The third-order valence-electron chi connectivity index (χ3n) is 1.88. The fourth-order valence-electron chi connectivity index (χ4n) is 1.09. The van der Waals surface area contributed by atoms with Crippen LogP contribution in [-0.4, -0.2) is 31.3 Å². The van der Waals surface area contributed by atoms with Crippen LogP contribution in [0.5, 0.6) is 5.75 Å². The quantitative estimate of drug-likeness (QED) is 0.697. The summed E-state index contributed by atoms with van der Waals surface area (Å²) in [5.74, 6) is 0.362. The Kier molecular flexibility index (Phi) is 4.63. The van der Waals surface area contributed by atoms with Crippen LogP contribution < -0.4 is 10.1 Å². The molecular weight excluding hydrogens is 194 g/mol. The second-order valence-corrected chi connectivity index (χ2v) is 2.98. The number of rotatable bonds is 5. The monoisotopic (exact) mass is 208 g/mol. The maximum atomic E-state index is 11.5. The highest BCUT2D eigenvalue weighted by atomic mass is 16.5. The van der Waals surface area contributed by atoms with Crippen molar-refractivity contribution in [3.05, 3.63) is 29.8 Å². The third kappa shape index (κ3) is 3.59. The lowest BCUT2D eigenvalue weighted by atomic mass is 10.2. The molecule has 0 atom stereocenters. The van der Waals surface area contributed by atoms with Crippen LogP contribution in [0.4, 0.5) is 0 Å². The van der Waals surface area contributed by atoms with E-state index in [0.717, 1.165) is 0 Å². The van der Waals surface area contributed by atoms with Gasteiger partial charge in [-0.3, -0.25) is 4.79 Å². The zero-order valence-corrected chi connectivity index (χ0v) is 8.62. The molecule has 0 aromatic heterocycles. The molecule has 81 valence electrons. The average Bonchev–Trinajstić information content (AvgIpc) is 2.29. The van der Waals surface area contributed by atoms with Crippen LogP contribution in [0.25, 0.3) is 0 Å². The molecule has 0 bridgehead atoms. The van der Waals surface area contributed by atoms with E-state index in [1.807, 2.05) is 0 Å². The minimum Gasteiger partial charge on any atom is -0.496 e. The van der Waals surface area contributed by atoms with E-state index in [4.69, 9.17) is 9.84 Å². The molecule has 15 heavy (non-hydrogen) atoms. The van der Waals surface area contributed by atoms with E-state index >= 15 is 0 Å². The number of hydrogen-bond acceptors (Lipinski definition) is 3. The number of amides is 1. The van der Waals surface area contributed by atoms with Crippen molar-refractivity contribution in [3.8, 4) is 5.75 Å². The smallest absolute Gasteiger partial charge is 0.251 e. The first-order valence-corrected chi connectivity index (χ1v) is 4.72. The highest BCUT2D eigenvalue weighted by Gasteiger charge is 2.05. The molecule has 4 nitrogen and oxygen atoms in total. The molecule has 0 aliphatic carbocycles. The van der Waals surface area contributed by atoms with Crippen LogP contribution in [0, 0.1) is 6.07 Å². The topological polar surface area (TPSA) is 58.6 Å². The van der Waals surface area contributed by atoms with Gasteiger partial charge in [0.25, 0.3) is 5.91 Å². The van der Waals surface area contributed by atoms with Gasteiger partial charge in [0.1, 0.15) is 5.75 Å². The van der Waals surface area contributed by atoms with E-state index in [9.17, 15) is 4.79 Å². The second-order valence-electron chi connectivity index (χ2n) is 2.98. The van der Waals surface area contributed by atoms with E-state index in [1.54, 1.807) is 18.2 Å². The lowest BCUT2D eigenvalue weighted by Crippen LogP contribution is -2.24. The van der Waals surface area contributed by atoms with Crippen molar-refractivity contribution in [3.63, 3.8) is 0 Å². The van der Waals surface area contributed by atoms with Gasteiger partial charge < -0.3 is 15.2 Å². The molecule has 0 unspecified atom stereocenters. The summed E-state index contributed by atoms with van der Waals surface area (Å²) < 4.78 is 4.96. The van der Waals surface area contributed by atoms with Gasteiger partial charge in [-0.1, -0.05) is 0 Å².